The second kappa shape index (κ2) is 11.0. The van der Waals surface area contributed by atoms with Crippen LogP contribution < -0.4 is 15.4 Å². The first-order chi connectivity index (χ1) is 16.9. The Balaban J connectivity index is 1.49. The van der Waals surface area contributed by atoms with E-state index in [1.165, 1.54) is 19.4 Å². The number of anilines is 2. The maximum atomic E-state index is 12.9. The summed E-state index contributed by atoms with van der Waals surface area (Å²) in [5, 5.41) is 14.3. The smallest absolute Gasteiger partial charge is 0.259 e. The maximum Gasteiger partial charge on any atom is 0.259 e. The number of hydrogen-bond acceptors (Lipinski definition) is 6. The number of carbonyl (C=O) groups is 2. The highest BCUT2D eigenvalue weighted by Crippen LogP contribution is 2.24. The van der Waals surface area contributed by atoms with E-state index in [-0.39, 0.29) is 5.56 Å². The number of morpholine rings is 1. The summed E-state index contributed by atoms with van der Waals surface area (Å²) < 4.78 is 10.6. The molecule has 10 heteroatoms. The Morgan fingerprint density at radius 2 is 1.71 bits per heavy atom. The lowest BCUT2D eigenvalue weighted by Crippen LogP contribution is -2.40. The minimum Gasteiger partial charge on any atom is -0.497 e. The Bertz CT molecular complexity index is 1230. The molecule has 0 bridgehead atoms. The molecule has 1 aromatic heterocycles. The Morgan fingerprint density at radius 1 is 1.00 bits per heavy atom. The van der Waals surface area contributed by atoms with Gasteiger partial charge in [-0.3, -0.25) is 15.0 Å². The van der Waals surface area contributed by atoms with Gasteiger partial charge in [-0.15, -0.1) is 0 Å². The van der Waals surface area contributed by atoms with Gasteiger partial charge in [-0.25, -0.2) is 4.98 Å². The molecule has 1 fully saturated rings. The maximum absolute atomic E-state index is 12.9. The number of amides is 2. The number of hydrogen-bond donors (Lipinski definition) is 3. The number of methoxy groups -OCH3 is 1. The van der Waals surface area contributed by atoms with E-state index in [2.05, 4.69) is 15.6 Å². The Morgan fingerprint density at radius 3 is 2.37 bits per heavy atom. The van der Waals surface area contributed by atoms with Gasteiger partial charge in [0, 0.05) is 30.4 Å². The molecule has 180 valence electrons. The van der Waals surface area contributed by atoms with E-state index < -0.39 is 11.8 Å². The summed E-state index contributed by atoms with van der Waals surface area (Å²) in [7, 11) is 1.49. The summed E-state index contributed by atoms with van der Waals surface area (Å²) in [6.45, 7) is 2.51. The zero-order valence-corrected chi connectivity index (χ0v) is 19.8. The van der Waals surface area contributed by atoms with Crippen LogP contribution in [-0.4, -0.2) is 60.9 Å². The highest BCUT2D eigenvalue weighted by molar-refractivity contribution is 6.30. The molecule has 0 saturated carbocycles. The van der Waals surface area contributed by atoms with E-state index in [1.54, 1.807) is 48.5 Å². The number of aromatic nitrogens is 1. The van der Waals surface area contributed by atoms with Crippen molar-refractivity contribution in [1.82, 2.24) is 9.88 Å². The molecular formula is C25H24ClN5O4. The largest absolute Gasteiger partial charge is 0.497 e. The van der Waals surface area contributed by atoms with Crippen LogP contribution in [0.2, 0.25) is 5.02 Å². The fourth-order valence-electron chi connectivity index (χ4n) is 3.52. The van der Waals surface area contributed by atoms with Crippen LogP contribution in [-0.2, 0) is 4.74 Å². The van der Waals surface area contributed by atoms with Crippen molar-refractivity contribution in [3.63, 3.8) is 0 Å². The zero-order valence-electron chi connectivity index (χ0n) is 19.0. The molecule has 1 aliphatic heterocycles. The SMILES string of the molecule is COc1ccc(NC(=O)c2ccc(C(=N)N3CCOCC3)cc2)c(C(=O)Nc2ccc(Cl)cn2)c1. The molecule has 35 heavy (non-hydrogen) atoms. The van der Waals surface area contributed by atoms with Gasteiger partial charge in [-0.05, 0) is 42.5 Å². The molecule has 0 spiro atoms. The second-order valence-electron chi connectivity index (χ2n) is 7.71. The summed E-state index contributed by atoms with van der Waals surface area (Å²) >= 11 is 5.85. The van der Waals surface area contributed by atoms with Gasteiger partial charge in [0.2, 0.25) is 0 Å². The van der Waals surface area contributed by atoms with Crippen LogP contribution in [0.15, 0.2) is 60.8 Å². The predicted molar refractivity (Wildman–Crippen MR) is 134 cm³/mol. The first-order valence-corrected chi connectivity index (χ1v) is 11.3. The van der Waals surface area contributed by atoms with E-state index in [9.17, 15) is 9.59 Å². The summed E-state index contributed by atoms with van der Waals surface area (Å²) in [6, 6.07) is 14.8. The second-order valence-corrected chi connectivity index (χ2v) is 8.14. The molecule has 9 nitrogen and oxygen atoms in total. The van der Waals surface area contributed by atoms with Crippen LogP contribution in [0.5, 0.6) is 5.75 Å². The topological polar surface area (TPSA) is 117 Å². The van der Waals surface area contributed by atoms with Crippen molar-refractivity contribution in [2.24, 2.45) is 0 Å². The molecule has 1 saturated heterocycles. The number of nitrogens with one attached hydrogen (secondary N) is 3. The quantitative estimate of drug-likeness (QED) is 0.354. The number of rotatable bonds is 6. The van der Waals surface area contributed by atoms with Gasteiger partial charge in [0.05, 0.1) is 36.6 Å². The molecule has 0 atom stereocenters. The Kier molecular flexibility index (Phi) is 7.59. The van der Waals surface area contributed by atoms with Crippen molar-refractivity contribution in [2.45, 2.75) is 0 Å². The van der Waals surface area contributed by atoms with Crippen LogP contribution in [0.1, 0.15) is 26.3 Å². The number of nitrogens with zero attached hydrogens (tertiary/aromatic N) is 2. The highest BCUT2D eigenvalue weighted by Gasteiger charge is 2.18. The van der Waals surface area contributed by atoms with Gasteiger partial charge in [-0.1, -0.05) is 23.7 Å². The van der Waals surface area contributed by atoms with Crippen LogP contribution in [0.4, 0.5) is 11.5 Å². The third kappa shape index (κ3) is 5.95. The normalized spacial score (nSPS) is 13.1. The summed E-state index contributed by atoms with van der Waals surface area (Å²) in [4.78, 5) is 31.9. The number of amidine groups is 1. The van der Waals surface area contributed by atoms with Crippen molar-refractivity contribution in [3.05, 3.63) is 82.5 Å². The number of pyridine rings is 1. The lowest BCUT2D eigenvalue weighted by molar-refractivity contribution is 0.0680. The standard InChI is InChI=1S/C25H24ClN5O4/c1-34-19-7-8-21(20(14-19)25(33)30-22-9-6-18(26)15-28-22)29-24(32)17-4-2-16(3-5-17)23(27)31-10-12-35-13-11-31/h2-9,14-15,27H,10-13H2,1H3,(H,29,32)(H,28,30,33). The van der Waals surface area contributed by atoms with E-state index in [0.717, 1.165) is 0 Å². The zero-order chi connectivity index (χ0) is 24.8. The third-order valence-corrected chi connectivity index (χ3v) is 5.66. The summed E-state index contributed by atoms with van der Waals surface area (Å²) in [5.74, 6) is 0.313. The van der Waals surface area contributed by atoms with Crippen molar-refractivity contribution in [3.8, 4) is 5.75 Å². The lowest BCUT2D eigenvalue weighted by Gasteiger charge is -2.29. The molecule has 3 N–H and O–H groups in total. The van der Waals surface area contributed by atoms with Gasteiger partial charge in [-0.2, -0.15) is 0 Å². The highest BCUT2D eigenvalue weighted by atomic mass is 35.5. The predicted octanol–water partition coefficient (Wildman–Crippen LogP) is 3.91. The van der Waals surface area contributed by atoms with Crippen molar-refractivity contribution >= 4 is 40.8 Å². The molecule has 2 aromatic carbocycles. The fourth-order valence-corrected chi connectivity index (χ4v) is 3.64. The van der Waals surface area contributed by atoms with Crippen LogP contribution in [0.3, 0.4) is 0 Å². The van der Waals surface area contributed by atoms with E-state index in [0.29, 0.717) is 65.5 Å². The van der Waals surface area contributed by atoms with Crippen LogP contribution in [0.25, 0.3) is 0 Å². The summed E-state index contributed by atoms with van der Waals surface area (Å²) in [5.41, 5.74) is 1.63. The van der Waals surface area contributed by atoms with Gasteiger partial charge in [0.1, 0.15) is 17.4 Å². The molecule has 0 unspecified atom stereocenters. The van der Waals surface area contributed by atoms with Gasteiger partial charge in [0.15, 0.2) is 0 Å². The van der Waals surface area contributed by atoms with Crippen molar-refractivity contribution in [2.75, 3.05) is 44.0 Å². The average molecular weight is 494 g/mol. The van der Waals surface area contributed by atoms with E-state index in [1.807, 2.05) is 4.90 Å². The van der Waals surface area contributed by atoms with E-state index in [4.69, 9.17) is 26.5 Å². The molecular weight excluding hydrogens is 470 g/mol. The number of benzene rings is 2. The van der Waals surface area contributed by atoms with Crippen molar-refractivity contribution < 1.29 is 19.1 Å². The molecule has 2 heterocycles. The van der Waals surface area contributed by atoms with Crippen LogP contribution >= 0.6 is 11.6 Å². The Hall–Kier alpha value is -3.95. The number of carbonyl (C=O) groups excluding carboxylic acids is 2. The molecule has 2 amide bonds. The fraction of sp³-hybridized carbons (Fsp3) is 0.200. The molecule has 3 aromatic rings. The minimum absolute atomic E-state index is 0.208. The van der Waals surface area contributed by atoms with Gasteiger partial charge in [0.25, 0.3) is 11.8 Å². The Labute approximate surface area is 207 Å². The van der Waals surface area contributed by atoms with Crippen LogP contribution in [0, 0.1) is 5.41 Å². The number of ether oxygens (including phenoxy) is 2. The van der Waals surface area contributed by atoms with Crippen molar-refractivity contribution in [1.29, 1.82) is 5.41 Å². The lowest BCUT2D eigenvalue weighted by atomic mass is 10.1. The molecule has 1 aliphatic rings. The monoisotopic (exact) mass is 493 g/mol. The summed E-state index contributed by atoms with van der Waals surface area (Å²) in [6.07, 6.45) is 1.42. The first-order valence-electron chi connectivity index (χ1n) is 10.9. The van der Waals surface area contributed by atoms with Gasteiger partial charge < -0.3 is 25.0 Å². The van der Waals surface area contributed by atoms with Gasteiger partial charge >= 0.3 is 0 Å². The first kappa shape index (κ1) is 24.2. The van der Waals surface area contributed by atoms with E-state index >= 15 is 0 Å². The minimum atomic E-state index is -0.469. The average Bonchev–Trinajstić information content (AvgIpc) is 2.90. The molecule has 0 radical (unpaired) electrons. The number of halogens is 1. The molecule has 4 rings (SSSR count). The molecule has 0 aliphatic carbocycles. The third-order valence-electron chi connectivity index (χ3n) is 5.44.